The van der Waals surface area contributed by atoms with Crippen LogP contribution in [0.1, 0.15) is 26.4 Å². The van der Waals surface area contributed by atoms with E-state index >= 15 is 0 Å². The number of benzene rings is 2. The summed E-state index contributed by atoms with van der Waals surface area (Å²) in [5.74, 6) is -0.297. The average Bonchev–Trinajstić information content (AvgIpc) is 3.15. The third kappa shape index (κ3) is 4.56. The lowest BCUT2D eigenvalue weighted by Gasteiger charge is -2.13. The molecule has 2 N–H and O–H groups in total. The minimum atomic E-state index is -3.79. The molecule has 0 aliphatic heterocycles. The van der Waals surface area contributed by atoms with Crippen LogP contribution in [0.25, 0.3) is 0 Å². The van der Waals surface area contributed by atoms with Crippen LogP contribution >= 0.6 is 11.3 Å². The monoisotopic (exact) mass is 400 g/mol. The zero-order chi connectivity index (χ0) is 19.4. The van der Waals surface area contributed by atoms with Gasteiger partial charge in [0.05, 0.1) is 17.1 Å². The number of nitrogens with one attached hydrogen (secondary N) is 2. The van der Waals surface area contributed by atoms with Crippen LogP contribution < -0.4 is 10.0 Å². The third-order valence-corrected chi connectivity index (χ3v) is 6.40. The molecule has 7 heteroatoms. The lowest BCUT2D eigenvalue weighted by atomic mass is 10.1. The first-order chi connectivity index (χ1) is 12.9. The first-order valence-electron chi connectivity index (χ1n) is 8.36. The average molecular weight is 401 g/mol. The third-order valence-electron chi connectivity index (χ3n) is 4.16. The molecule has 0 aliphatic carbocycles. The molecular weight excluding hydrogens is 380 g/mol. The van der Waals surface area contributed by atoms with Gasteiger partial charge in [-0.05, 0) is 54.6 Å². The van der Waals surface area contributed by atoms with Crippen molar-refractivity contribution in [3.8, 4) is 0 Å². The standard InChI is InChI=1S/C20H20N2O3S2/c1-14-9-10-17(27(24,25)22-19-8-4-3-6-15(19)2)12-18(14)20(23)21-13-16-7-5-11-26-16/h3-12,22H,13H2,1-2H3,(H,21,23). The number of thiophene rings is 1. The summed E-state index contributed by atoms with van der Waals surface area (Å²) in [7, 11) is -3.79. The lowest BCUT2D eigenvalue weighted by molar-refractivity contribution is 0.0950. The van der Waals surface area contributed by atoms with E-state index in [0.717, 1.165) is 10.4 Å². The largest absolute Gasteiger partial charge is 0.347 e. The van der Waals surface area contributed by atoms with Crippen LogP contribution in [0.15, 0.2) is 64.9 Å². The SMILES string of the molecule is Cc1ccccc1NS(=O)(=O)c1ccc(C)c(C(=O)NCc2cccs2)c1. The maximum absolute atomic E-state index is 12.7. The predicted octanol–water partition coefficient (Wildman–Crippen LogP) is 4.10. The smallest absolute Gasteiger partial charge is 0.261 e. The summed E-state index contributed by atoms with van der Waals surface area (Å²) in [4.78, 5) is 13.6. The van der Waals surface area contributed by atoms with E-state index in [1.165, 1.54) is 12.1 Å². The first-order valence-corrected chi connectivity index (χ1v) is 10.7. The quantitative estimate of drug-likeness (QED) is 0.654. The number of anilines is 1. The Morgan fingerprint density at radius 2 is 1.78 bits per heavy atom. The highest BCUT2D eigenvalue weighted by Gasteiger charge is 2.19. The molecule has 0 saturated carbocycles. The van der Waals surface area contributed by atoms with Crippen molar-refractivity contribution in [1.82, 2.24) is 5.32 Å². The summed E-state index contributed by atoms with van der Waals surface area (Å²) in [5.41, 5.74) is 2.40. The number of carbonyl (C=O) groups is 1. The molecule has 5 nitrogen and oxygen atoms in total. The first kappa shape index (κ1) is 19.1. The molecule has 1 heterocycles. The number of para-hydroxylation sites is 1. The minimum absolute atomic E-state index is 0.0534. The second kappa shape index (κ2) is 7.94. The van der Waals surface area contributed by atoms with E-state index in [4.69, 9.17) is 0 Å². The summed E-state index contributed by atoms with van der Waals surface area (Å²) in [6.07, 6.45) is 0. The number of hydrogen-bond donors (Lipinski definition) is 2. The Kier molecular flexibility index (Phi) is 5.62. The topological polar surface area (TPSA) is 75.3 Å². The van der Waals surface area contributed by atoms with E-state index in [9.17, 15) is 13.2 Å². The Morgan fingerprint density at radius 3 is 2.48 bits per heavy atom. The zero-order valence-electron chi connectivity index (χ0n) is 15.0. The van der Waals surface area contributed by atoms with Gasteiger partial charge in [-0.15, -0.1) is 11.3 Å². The van der Waals surface area contributed by atoms with Crippen molar-refractivity contribution in [3.05, 3.63) is 81.5 Å². The molecule has 1 aromatic heterocycles. The van der Waals surface area contributed by atoms with Crippen molar-refractivity contribution in [2.75, 3.05) is 4.72 Å². The van der Waals surface area contributed by atoms with Gasteiger partial charge in [-0.3, -0.25) is 9.52 Å². The summed E-state index contributed by atoms with van der Waals surface area (Å²) in [6.45, 7) is 4.02. The number of rotatable bonds is 6. The van der Waals surface area contributed by atoms with Crippen molar-refractivity contribution in [2.45, 2.75) is 25.3 Å². The van der Waals surface area contributed by atoms with Crippen LogP contribution in [0.3, 0.4) is 0 Å². The van der Waals surface area contributed by atoms with Crippen LogP contribution in [0.4, 0.5) is 5.69 Å². The fourth-order valence-corrected chi connectivity index (χ4v) is 4.38. The molecule has 0 bridgehead atoms. The fourth-order valence-electron chi connectivity index (χ4n) is 2.58. The number of sulfonamides is 1. The van der Waals surface area contributed by atoms with E-state index in [-0.39, 0.29) is 10.8 Å². The van der Waals surface area contributed by atoms with E-state index in [1.54, 1.807) is 36.5 Å². The molecule has 0 radical (unpaired) electrons. The molecule has 27 heavy (non-hydrogen) atoms. The maximum atomic E-state index is 12.7. The highest BCUT2D eigenvalue weighted by molar-refractivity contribution is 7.92. The van der Waals surface area contributed by atoms with Crippen LogP contribution in [0.5, 0.6) is 0 Å². The van der Waals surface area contributed by atoms with Gasteiger partial charge in [-0.2, -0.15) is 0 Å². The van der Waals surface area contributed by atoms with E-state index in [1.807, 2.05) is 36.6 Å². The second-order valence-electron chi connectivity index (χ2n) is 6.16. The zero-order valence-corrected chi connectivity index (χ0v) is 16.7. The molecular formula is C20H20N2O3S2. The van der Waals surface area contributed by atoms with E-state index in [0.29, 0.717) is 23.4 Å². The van der Waals surface area contributed by atoms with Crippen LogP contribution in [0, 0.1) is 13.8 Å². The van der Waals surface area contributed by atoms with Crippen molar-refractivity contribution >= 4 is 33.0 Å². The van der Waals surface area contributed by atoms with Crippen molar-refractivity contribution in [2.24, 2.45) is 0 Å². The fraction of sp³-hybridized carbons (Fsp3) is 0.150. The Bertz CT molecular complexity index is 1060. The summed E-state index contributed by atoms with van der Waals surface area (Å²) < 4.78 is 28.1. The van der Waals surface area contributed by atoms with E-state index < -0.39 is 10.0 Å². The molecule has 0 fully saturated rings. The normalized spacial score (nSPS) is 11.2. The molecule has 1 amide bonds. The molecule has 0 saturated heterocycles. The van der Waals surface area contributed by atoms with Gasteiger partial charge in [0.25, 0.3) is 15.9 Å². The number of amides is 1. The summed E-state index contributed by atoms with van der Waals surface area (Å²) in [5, 5.41) is 4.78. The van der Waals surface area contributed by atoms with Gasteiger partial charge in [-0.25, -0.2) is 8.42 Å². The van der Waals surface area contributed by atoms with Gasteiger partial charge in [0.2, 0.25) is 0 Å². The Balaban J connectivity index is 1.83. The van der Waals surface area contributed by atoms with Gasteiger partial charge < -0.3 is 5.32 Å². The van der Waals surface area contributed by atoms with Crippen LogP contribution in [-0.2, 0) is 16.6 Å². The molecule has 0 spiro atoms. The van der Waals surface area contributed by atoms with Crippen LogP contribution in [0.2, 0.25) is 0 Å². The Labute approximate surface area is 163 Å². The van der Waals surface area contributed by atoms with Gasteiger partial charge >= 0.3 is 0 Å². The molecule has 140 valence electrons. The summed E-state index contributed by atoms with van der Waals surface area (Å²) >= 11 is 1.55. The lowest BCUT2D eigenvalue weighted by Crippen LogP contribution is -2.24. The number of hydrogen-bond acceptors (Lipinski definition) is 4. The number of aryl methyl sites for hydroxylation is 2. The minimum Gasteiger partial charge on any atom is -0.347 e. The van der Waals surface area contributed by atoms with Gasteiger partial charge in [0, 0.05) is 10.4 Å². The Hall–Kier alpha value is -2.64. The molecule has 0 unspecified atom stereocenters. The molecule has 2 aromatic carbocycles. The van der Waals surface area contributed by atoms with Crippen LogP contribution in [-0.4, -0.2) is 14.3 Å². The van der Waals surface area contributed by atoms with E-state index in [2.05, 4.69) is 10.0 Å². The second-order valence-corrected chi connectivity index (χ2v) is 8.87. The number of carbonyl (C=O) groups excluding carboxylic acids is 1. The molecule has 0 aliphatic rings. The maximum Gasteiger partial charge on any atom is 0.261 e. The summed E-state index contributed by atoms with van der Waals surface area (Å²) in [6, 6.07) is 15.6. The van der Waals surface area contributed by atoms with Gasteiger partial charge in [-0.1, -0.05) is 30.3 Å². The highest BCUT2D eigenvalue weighted by Crippen LogP contribution is 2.21. The van der Waals surface area contributed by atoms with Crippen molar-refractivity contribution < 1.29 is 13.2 Å². The molecule has 3 aromatic rings. The van der Waals surface area contributed by atoms with Crippen molar-refractivity contribution in [3.63, 3.8) is 0 Å². The molecule has 0 atom stereocenters. The van der Waals surface area contributed by atoms with Gasteiger partial charge in [0.15, 0.2) is 0 Å². The molecule has 3 rings (SSSR count). The van der Waals surface area contributed by atoms with Crippen molar-refractivity contribution in [1.29, 1.82) is 0 Å². The highest BCUT2D eigenvalue weighted by atomic mass is 32.2. The predicted molar refractivity (Wildman–Crippen MR) is 109 cm³/mol. The Morgan fingerprint density at radius 1 is 1.00 bits per heavy atom. The van der Waals surface area contributed by atoms with Gasteiger partial charge in [0.1, 0.15) is 0 Å².